The van der Waals surface area contributed by atoms with Gasteiger partial charge in [0.25, 0.3) is 5.91 Å². The Labute approximate surface area is 402 Å². The fourth-order valence-electron chi connectivity index (χ4n) is 8.00. The van der Waals surface area contributed by atoms with Crippen LogP contribution in [0.15, 0.2) is 104 Å². The standard InChI is InChI=1S/C50H58Cl4N6O3S/c1-3-4-5-6-7-8-9-10-11-12-13-14-15-16-17-18-19-35-30-45(61)59(49(35)62)38-24-29-41(52)44(33-38)55-48-46(50(63)60(58-48)47-42(53)31-36(51)32-43(47)54)57-56-37-22-27-40(28-23-37)64-39-25-20-34(2)21-26-39/h20-29,31-33,35,46H,3-19,30H2,1-2H3,(H,55,58). The average Bonchev–Trinajstić information content (AvgIpc) is 3.73. The zero-order chi connectivity index (χ0) is 45.4. The molecule has 2 unspecified atom stereocenters. The highest BCUT2D eigenvalue weighted by molar-refractivity contribution is 7.99. The molecule has 14 heteroatoms. The Morgan fingerprint density at radius 1 is 0.672 bits per heavy atom. The SMILES string of the molecule is CCCCCCCCCCCCCCCCCCC1CC(=O)N(c2ccc(Cl)c(NC3=NN(c4c(Cl)cc(Cl)cc4Cl)C(=O)C3N=Nc3ccc(Sc4ccc(C)cc4)cc3)c2)C1=O. The number of anilines is 3. The molecule has 1 fully saturated rings. The maximum atomic E-state index is 14.1. The molecule has 0 saturated carbocycles. The third-order valence-corrected chi connectivity index (χ3v) is 13.7. The Kier molecular flexibility index (Phi) is 19.4. The van der Waals surface area contributed by atoms with Crippen LogP contribution < -0.4 is 15.2 Å². The highest BCUT2D eigenvalue weighted by atomic mass is 35.5. The molecule has 4 aromatic rings. The van der Waals surface area contributed by atoms with Gasteiger partial charge in [0.1, 0.15) is 5.69 Å². The van der Waals surface area contributed by atoms with Gasteiger partial charge in [-0.05, 0) is 80.1 Å². The first kappa shape index (κ1) is 49.5. The van der Waals surface area contributed by atoms with E-state index in [1.165, 1.54) is 106 Å². The van der Waals surface area contributed by atoms with Crippen molar-refractivity contribution in [3.05, 3.63) is 105 Å². The summed E-state index contributed by atoms with van der Waals surface area (Å²) in [5.74, 6) is -1.37. The van der Waals surface area contributed by atoms with Crippen molar-refractivity contribution in [2.75, 3.05) is 15.2 Å². The third kappa shape index (κ3) is 14.0. The lowest BCUT2D eigenvalue weighted by molar-refractivity contribution is -0.122. The number of halogens is 4. The molecule has 0 bridgehead atoms. The molecule has 0 spiro atoms. The summed E-state index contributed by atoms with van der Waals surface area (Å²) in [6.07, 6.45) is 21.3. The van der Waals surface area contributed by atoms with Crippen LogP contribution in [-0.2, 0) is 14.4 Å². The van der Waals surface area contributed by atoms with E-state index < -0.39 is 11.9 Å². The number of unbranched alkanes of at least 4 members (excludes halogenated alkanes) is 15. The van der Waals surface area contributed by atoms with Crippen molar-refractivity contribution >= 4 is 104 Å². The number of carbonyl (C=O) groups excluding carboxylic acids is 3. The molecular weight excluding hydrogens is 906 g/mol. The van der Waals surface area contributed by atoms with Gasteiger partial charge in [-0.15, -0.1) is 5.10 Å². The smallest absolute Gasteiger partial charge is 0.282 e. The van der Waals surface area contributed by atoms with E-state index in [9.17, 15) is 14.4 Å². The molecular formula is C50H58Cl4N6O3S. The topological polar surface area (TPSA) is 107 Å². The van der Waals surface area contributed by atoms with Crippen LogP contribution in [0.4, 0.5) is 22.7 Å². The van der Waals surface area contributed by atoms with Gasteiger partial charge in [-0.2, -0.15) is 15.2 Å². The number of nitrogens with one attached hydrogen (secondary N) is 1. The van der Waals surface area contributed by atoms with E-state index in [1.54, 1.807) is 30.0 Å². The quantitative estimate of drug-likeness (QED) is 0.0428. The molecule has 1 N–H and O–H groups in total. The van der Waals surface area contributed by atoms with E-state index in [4.69, 9.17) is 46.4 Å². The molecule has 64 heavy (non-hydrogen) atoms. The number of amidine groups is 1. The molecule has 1 saturated heterocycles. The number of hydrogen-bond donors (Lipinski definition) is 1. The van der Waals surface area contributed by atoms with Crippen LogP contribution in [0.25, 0.3) is 0 Å². The van der Waals surface area contributed by atoms with E-state index in [2.05, 4.69) is 51.8 Å². The number of aryl methyl sites for hydroxylation is 1. The zero-order valence-electron chi connectivity index (χ0n) is 36.8. The van der Waals surface area contributed by atoms with E-state index in [1.807, 2.05) is 31.2 Å². The number of imide groups is 1. The zero-order valence-corrected chi connectivity index (χ0v) is 40.6. The van der Waals surface area contributed by atoms with Crippen molar-refractivity contribution in [1.29, 1.82) is 0 Å². The average molecular weight is 965 g/mol. The number of carbonyl (C=O) groups is 3. The van der Waals surface area contributed by atoms with E-state index in [-0.39, 0.29) is 55.8 Å². The van der Waals surface area contributed by atoms with Crippen molar-refractivity contribution in [2.24, 2.45) is 21.2 Å². The summed E-state index contributed by atoms with van der Waals surface area (Å²) in [6.45, 7) is 4.31. The molecule has 6 rings (SSSR count). The van der Waals surface area contributed by atoms with Crippen molar-refractivity contribution < 1.29 is 14.4 Å². The van der Waals surface area contributed by atoms with Gasteiger partial charge in [-0.1, -0.05) is 186 Å². The van der Waals surface area contributed by atoms with E-state index in [0.717, 1.165) is 34.1 Å². The normalized spacial score (nSPS) is 16.5. The number of hydrazone groups is 1. The second kappa shape index (κ2) is 25.1. The fourth-order valence-corrected chi connectivity index (χ4v) is 9.96. The van der Waals surface area contributed by atoms with Crippen LogP contribution >= 0.6 is 58.2 Å². The second-order valence-electron chi connectivity index (χ2n) is 16.7. The van der Waals surface area contributed by atoms with Gasteiger partial charge in [0.05, 0.1) is 32.1 Å². The molecule has 2 atom stereocenters. The van der Waals surface area contributed by atoms with Crippen molar-refractivity contribution in [1.82, 2.24) is 0 Å². The summed E-state index contributed by atoms with van der Waals surface area (Å²) in [4.78, 5) is 44.5. The van der Waals surface area contributed by atoms with Crippen LogP contribution in [0.2, 0.25) is 20.1 Å². The largest absolute Gasteiger partial charge is 0.339 e. The van der Waals surface area contributed by atoms with Gasteiger partial charge in [0.2, 0.25) is 17.9 Å². The monoisotopic (exact) mass is 962 g/mol. The minimum atomic E-state index is -1.26. The van der Waals surface area contributed by atoms with Crippen molar-refractivity contribution in [3.8, 4) is 0 Å². The first-order chi connectivity index (χ1) is 31.0. The number of benzene rings is 4. The van der Waals surface area contributed by atoms with Crippen LogP contribution in [0.3, 0.4) is 0 Å². The third-order valence-electron chi connectivity index (χ3n) is 11.6. The summed E-state index contributed by atoms with van der Waals surface area (Å²) in [5.41, 5.74) is 2.50. The van der Waals surface area contributed by atoms with Gasteiger partial charge in [0.15, 0.2) is 5.84 Å². The van der Waals surface area contributed by atoms with Gasteiger partial charge in [0, 0.05) is 27.2 Å². The first-order valence-corrected chi connectivity index (χ1v) is 25.1. The van der Waals surface area contributed by atoms with Gasteiger partial charge in [-0.25, -0.2) is 0 Å². The lowest BCUT2D eigenvalue weighted by Crippen LogP contribution is -2.33. The van der Waals surface area contributed by atoms with E-state index >= 15 is 0 Å². The second-order valence-corrected chi connectivity index (χ2v) is 19.5. The summed E-state index contributed by atoms with van der Waals surface area (Å²) < 4.78 is 0. The highest BCUT2D eigenvalue weighted by Gasteiger charge is 2.41. The summed E-state index contributed by atoms with van der Waals surface area (Å²) >= 11 is 27.6. The summed E-state index contributed by atoms with van der Waals surface area (Å²) in [6, 6.07) is 22.3. The summed E-state index contributed by atoms with van der Waals surface area (Å²) in [7, 11) is 0. The Morgan fingerprint density at radius 2 is 1.22 bits per heavy atom. The van der Waals surface area contributed by atoms with Crippen molar-refractivity contribution in [2.45, 2.75) is 145 Å². The molecule has 340 valence electrons. The fraction of sp³-hybridized carbons (Fsp3) is 0.440. The Hall–Kier alpha value is -3.93. The van der Waals surface area contributed by atoms with Gasteiger partial charge in [-0.3, -0.25) is 19.3 Å². The van der Waals surface area contributed by atoms with E-state index in [0.29, 0.717) is 23.5 Å². The maximum Gasteiger partial charge on any atom is 0.282 e. The number of hydrogen-bond acceptors (Lipinski definition) is 8. The molecule has 0 aliphatic carbocycles. The Balaban J connectivity index is 1.05. The predicted molar refractivity (Wildman–Crippen MR) is 266 cm³/mol. The first-order valence-electron chi connectivity index (χ1n) is 22.8. The number of rotatable bonds is 24. The predicted octanol–water partition coefficient (Wildman–Crippen LogP) is 16.2. The molecule has 2 aliphatic heterocycles. The van der Waals surface area contributed by atoms with Crippen LogP contribution in [0, 0.1) is 12.8 Å². The van der Waals surface area contributed by atoms with Gasteiger partial charge < -0.3 is 5.32 Å². The molecule has 3 amide bonds. The van der Waals surface area contributed by atoms with Crippen LogP contribution in [-0.4, -0.2) is 29.6 Å². The molecule has 9 nitrogen and oxygen atoms in total. The lowest BCUT2D eigenvalue weighted by Gasteiger charge is -2.18. The molecule has 4 aromatic carbocycles. The molecule has 0 aromatic heterocycles. The van der Waals surface area contributed by atoms with Crippen LogP contribution in [0.1, 0.15) is 128 Å². The lowest BCUT2D eigenvalue weighted by atomic mass is 9.98. The molecule has 0 radical (unpaired) electrons. The van der Waals surface area contributed by atoms with Crippen molar-refractivity contribution in [3.63, 3.8) is 0 Å². The minimum absolute atomic E-state index is 0.0712. The summed E-state index contributed by atoms with van der Waals surface area (Å²) in [5, 5.41) is 18.4. The molecule has 2 aliphatic rings. The Morgan fingerprint density at radius 3 is 1.80 bits per heavy atom. The number of nitrogens with zero attached hydrogens (tertiary/aromatic N) is 5. The number of azo groups is 1. The molecule has 2 heterocycles. The maximum absolute atomic E-state index is 14.1. The number of amides is 3. The van der Waals surface area contributed by atoms with Gasteiger partial charge >= 0.3 is 0 Å². The Bertz CT molecular complexity index is 2250. The van der Waals surface area contributed by atoms with Crippen LogP contribution in [0.5, 0.6) is 0 Å². The minimum Gasteiger partial charge on any atom is -0.339 e. The highest BCUT2D eigenvalue weighted by Crippen LogP contribution is 2.40.